The number of carbonyl (C=O) groups is 10. The van der Waals surface area contributed by atoms with Crippen molar-refractivity contribution in [3.63, 3.8) is 0 Å². The van der Waals surface area contributed by atoms with Crippen molar-refractivity contribution < 1.29 is 95.3 Å². The molecule has 0 aliphatic rings. The van der Waals surface area contributed by atoms with Gasteiger partial charge in [0.2, 0.25) is 0 Å². The van der Waals surface area contributed by atoms with Crippen molar-refractivity contribution in [2.45, 2.75) is 428 Å². The lowest BCUT2D eigenvalue weighted by molar-refractivity contribution is -0.154. The number of nitrogens with one attached hydrogen (secondary N) is 1. The van der Waals surface area contributed by atoms with Crippen LogP contribution in [0.1, 0.15) is 422 Å². The van der Waals surface area contributed by atoms with Gasteiger partial charge in [-0.15, -0.1) is 11.8 Å². The molecule has 816 valence electrons. The van der Waals surface area contributed by atoms with Crippen molar-refractivity contribution in [1.29, 1.82) is 0 Å². The highest BCUT2D eigenvalue weighted by atomic mass is 32.2. The van der Waals surface area contributed by atoms with Crippen LogP contribution in [-0.4, -0.2) is 269 Å². The number of nitrogens with zero attached hydrogens (tertiary/aromatic N) is 3. The monoisotopic (exact) mass is 2060 g/mol. The van der Waals surface area contributed by atoms with E-state index in [-0.39, 0.29) is 190 Å². The largest absolute Gasteiger partial charge is 0.462 e. The van der Waals surface area contributed by atoms with Crippen LogP contribution in [-0.2, 0) is 95.3 Å². The van der Waals surface area contributed by atoms with Crippen LogP contribution in [0.15, 0.2) is 0 Å². The molecule has 5 unspecified atom stereocenters. The van der Waals surface area contributed by atoms with E-state index in [1.54, 1.807) is 58.8 Å². The number of ether oxygens (including phenoxy) is 10. The molecule has 5 atom stereocenters. The Labute approximate surface area is 869 Å². The summed E-state index contributed by atoms with van der Waals surface area (Å²) < 4.78 is 55.7. The highest BCUT2D eigenvalue weighted by Gasteiger charge is 2.24. The normalized spacial score (nSPS) is 12.6. The van der Waals surface area contributed by atoms with E-state index in [2.05, 4.69) is 44.8 Å². The molecule has 0 aromatic carbocycles. The molecular formula is C110H206N4O20S5. The highest BCUT2D eigenvalue weighted by molar-refractivity contribution is 8.00. The fraction of sp³-hybridized carbons (Fsp3) is 0.909. The predicted octanol–water partition coefficient (Wildman–Crippen LogP) is 25.1. The lowest BCUT2D eigenvalue weighted by atomic mass is 10.1. The number of esters is 10. The first-order valence-electron chi connectivity index (χ1n) is 56.1. The van der Waals surface area contributed by atoms with Crippen molar-refractivity contribution in [3.8, 4) is 0 Å². The van der Waals surface area contributed by atoms with Crippen molar-refractivity contribution in [2.24, 2.45) is 23.7 Å². The van der Waals surface area contributed by atoms with Gasteiger partial charge in [0.25, 0.3) is 0 Å². The Morgan fingerprint density at radius 1 is 0.209 bits per heavy atom. The third kappa shape index (κ3) is 93.8. The highest BCUT2D eigenvalue weighted by Crippen LogP contribution is 2.23. The Bertz CT molecular complexity index is 2700. The lowest BCUT2D eigenvalue weighted by Gasteiger charge is -2.30. The minimum Gasteiger partial charge on any atom is -0.462 e. The molecule has 0 amide bonds. The molecule has 0 aromatic rings. The summed E-state index contributed by atoms with van der Waals surface area (Å²) in [5.74, 6) is 1.91. The van der Waals surface area contributed by atoms with Gasteiger partial charge in [-0.05, 0) is 67.8 Å². The van der Waals surface area contributed by atoms with E-state index in [0.717, 1.165) is 67.3 Å². The Hall–Kier alpha value is -3.71. The number of hydrogen-bond acceptors (Lipinski definition) is 29. The average molecular weight is 2070 g/mol. The first-order valence-corrected chi connectivity index (χ1v) is 61.8. The zero-order valence-electron chi connectivity index (χ0n) is 90.0. The fourth-order valence-corrected chi connectivity index (χ4v) is 20.8. The second-order valence-electron chi connectivity index (χ2n) is 38.3. The Morgan fingerprint density at radius 3 is 0.626 bits per heavy atom. The minimum absolute atomic E-state index is 0.0423. The van der Waals surface area contributed by atoms with Crippen LogP contribution < -0.4 is 5.32 Å². The van der Waals surface area contributed by atoms with Crippen LogP contribution in [0.25, 0.3) is 0 Å². The van der Waals surface area contributed by atoms with Crippen LogP contribution in [0.4, 0.5) is 0 Å². The van der Waals surface area contributed by atoms with E-state index in [4.69, 9.17) is 47.4 Å². The minimum atomic E-state index is -0.521. The molecular weight excluding hydrogens is 1860 g/mol. The van der Waals surface area contributed by atoms with E-state index in [1.165, 1.54) is 283 Å². The van der Waals surface area contributed by atoms with Crippen LogP contribution in [0.2, 0.25) is 0 Å². The van der Waals surface area contributed by atoms with Crippen LogP contribution in [0, 0.1) is 23.7 Å². The number of carbonyl (C=O) groups excluding carboxylic acids is 10. The molecule has 0 heterocycles. The molecule has 0 aromatic heterocycles. The van der Waals surface area contributed by atoms with E-state index < -0.39 is 29.8 Å². The zero-order valence-corrected chi connectivity index (χ0v) is 94.1. The van der Waals surface area contributed by atoms with Gasteiger partial charge in [0, 0.05) is 95.0 Å². The molecule has 24 nitrogen and oxygen atoms in total. The first-order chi connectivity index (χ1) is 67.7. The Balaban J connectivity index is 6.64. The molecule has 0 rings (SSSR count). The van der Waals surface area contributed by atoms with Gasteiger partial charge in [0.05, 0.1) is 61.0 Å². The third-order valence-electron chi connectivity index (χ3n) is 24.9. The smallest absolute Gasteiger partial charge is 0.318 e. The number of thioether (sulfide) groups is 5. The Morgan fingerprint density at radius 2 is 0.396 bits per heavy atom. The summed E-state index contributed by atoms with van der Waals surface area (Å²) in [5.41, 5.74) is 0. The molecule has 0 spiro atoms. The second-order valence-corrected chi connectivity index (χ2v) is 44.3. The van der Waals surface area contributed by atoms with Gasteiger partial charge in [-0.2, -0.15) is 47.0 Å². The maximum absolute atomic E-state index is 13.6. The quantitative estimate of drug-likeness (QED) is 0.0336. The topological polar surface area (TPSA) is 285 Å². The summed E-state index contributed by atoms with van der Waals surface area (Å²) in [4.78, 5) is 139. The van der Waals surface area contributed by atoms with Crippen LogP contribution >= 0.6 is 58.8 Å². The fourth-order valence-electron chi connectivity index (χ4n) is 15.7. The van der Waals surface area contributed by atoms with E-state index in [9.17, 15) is 47.9 Å². The van der Waals surface area contributed by atoms with Crippen molar-refractivity contribution in [1.82, 2.24) is 20.0 Å². The Kier molecular flexibility index (Phi) is 101. The van der Waals surface area contributed by atoms with Crippen LogP contribution in [0.3, 0.4) is 0 Å². The summed E-state index contributed by atoms with van der Waals surface area (Å²) in [6.07, 6.45) is 62.9. The van der Waals surface area contributed by atoms with Gasteiger partial charge in [-0.3, -0.25) is 52.8 Å². The maximum atomic E-state index is 13.6. The van der Waals surface area contributed by atoms with E-state index in [1.807, 2.05) is 44.4 Å². The molecule has 0 aliphatic carbocycles. The van der Waals surface area contributed by atoms with E-state index >= 15 is 0 Å². The van der Waals surface area contributed by atoms with Crippen LogP contribution in [0.5, 0.6) is 0 Å². The second kappa shape index (κ2) is 104. The number of unbranched alkanes of at least 4 members (excludes halogenated alkanes) is 45. The summed E-state index contributed by atoms with van der Waals surface area (Å²) in [6.45, 7) is 22.8. The van der Waals surface area contributed by atoms with Crippen molar-refractivity contribution >= 4 is 119 Å². The van der Waals surface area contributed by atoms with Gasteiger partial charge in [0.15, 0.2) is 0 Å². The number of hydrogen-bond donors (Lipinski definition) is 1. The molecule has 139 heavy (non-hydrogen) atoms. The van der Waals surface area contributed by atoms with Gasteiger partial charge < -0.3 is 62.5 Å². The summed E-state index contributed by atoms with van der Waals surface area (Å²) in [5, 5.41) is 3.01. The zero-order chi connectivity index (χ0) is 102. The van der Waals surface area contributed by atoms with Crippen molar-refractivity contribution in [3.05, 3.63) is 0 Å². The lowest BCUT2D eigenvalue weighted by Crippen LogP contribution is -2.44. The van der Waals surface area contributed by atoms with Crippen molar-refractivity contribution in [2.75, 3.05) is 190 Å². The summed E-state index contributed by atoms with van der Waals surface area (Å²) >= 11 is 8.61. The molecule has 0 radical (unpaired) electrons. The van der Waals surface area contributed by atoms with Gasteiger partial charge in [-0.25, -0.2) is 0 Å². The van der Waals surface area contributed by atoms with Gasteiger partial charge >= 0.3 is 59.7 Å². The predicted molar refractivity (Wildman–Crippen MR) is 582 cm³/mol. The molecule has 0 saturated carbocycles. The van der Waals surface area contributed by atoms with E-state index in [0.29, 0.717) is 62.3 Å². The molecule has 0 saturated heterocycles. The molecule has 29 heteroatoms. The standard InChI is InChI=1S/C110H206N4O20S5/c1-11-16-21-26-31-36-41-46-51-56-87-135-92-96(6)106(120)130-82-77-125-101(115)61-66-111-67-72-114(76-74-113(71-65-105(119)129-81-86-134-110(124)100(10)139-91-60-55-50-45-40-35-30-25-20-15-5)70-64-104(118)128-80-85-133-109(123)99(9)95-138-90-59-54-49-44-39-34-29-24-19-14-4)75-73-112(68-62-102(116)126-78-83-131-107(121)97(7)93-136-88-57-52-47-42-37-32-27-22-17-12-2)69-63-103(117)127-79-84-132-108(122)98(8)94-137-89-58-53-48-43-38-33-28-23-18-13-3/h96-100,111H,11-95H2,1-10H3. The molecule has 0 bridgehead atoms. The third-order valence-corrected chi connectivity index (χ3v) is 31.4. The summed E-state index contributed by atoms with van der Waals surface area (Å²) in [6, 6.07) is 0. The SMILES string of the molecule is CCCCCCCCCCCCSCC(C)C(=O)OCCOC(=O)CCNCCN(CCN(CCC(=O)OCCOC(=O)C(C)CSCCCCCCCCCCCC)CCC(=O)OCCOC(=O)C(C)CSCCCCCCCCCCCC)CCN(CCC(=O)OCCOC(=O)C(C)CSCCCCCCCCCCCC)CCC(=O)OCCOC(=O)C(C)SCCCCCCCCCCCC. The maximum Gasteiger partial charge on any atom is 0.318 e. The van der Waals surface area contributed by atoms with Gasteiger partial charge in [0.1, 0.15) is 66.1 Å². The molecule has 1 N–H and O–H groups in total. The first kappa shape index (κ1) is 135. The number of rotatable bonds is 108. The summed E-state index contributed by atoms with van der Waals surface area (Å²) in [7, 11) is 0. The molecule has 0 fully saturated rings. The average Bonchev–Trinajstić information content (AvgIpc) is 0.919. The van der Waals surface area contributed by atoms with Gasteiger partial charge in [-0.1, -0.05) is 351 Å². The molecule has 0 aliphatic heterocycles.